The van der Waals surface area contributed by atoms with Crippen molar-refractivity contribution in [1.82, 2.24) is 19.9 Å². The van der Waals surface area contributed by atoms with Crippen molar-refractivity contribution in [2.24, 2.45) is 0 Å². The smallest absolute Gasteiger partial charge is 0.0587 e. The van der Waals surface area contributed by atoms with Gasteiger partial charge in [-0.2, -0.15) is 0 Å². The van der Waals surface area contributed by atoms with Crippen LogP contribution in [0, 0.1) is 14.9 Å². The van der Waals surface area contributed by atoms with Crippen molar-refractivity contribution in [2.75, 3.05) is 0 Å². The molecule has 0 atom stereocenters. The van der Waals surface area contributed by atoms with E-state index in [4.69, 9.17) is 0 Å². The van der Waals surface area contributed by atoms with Gasteiger partial charge in [0.1, 0.15) is 0 Å². The Morgan fingerprint density at radius 2 is 0.852 bits per heavy atom. The largest absolute Gasteiger partial charge is 0.358 e. The van der Waals surface area contributed by atoms with Gasteiger partial charge in [-0.1, -0.05) is 61.8 Å². The average Bonchev–Trinajstić information content (AvgIpc) is 2.58. The van der Waals surface area contributed by atoms with Gasteiger partial charge in [-0.3, -0.25) is 19.9 Å². The second kappa shape index (κ2) is 40.2. The maximum atomic E-state index is 4.35. The monoisotopic (exact) mass is 556 g/mol. The Morgan fingerprint density at radius 1 is 0.593 bits per heavy atom. The normalized spacial score (nSPS) is 6.74. The van der Waals surface area contributed by atoms with Crippen LogP contribution in [0.15, 0.2) is 37.2 Å². The van der Waals surface area contributed by atoms with Crippen molar-refractivity contribution >= 4 is 0 Å². The van der Waals surface area contributed by atoms with Gasteiger partial charge in [-0.15, -0.1) is 0 Å². The number of aryl methyl sites for hydroxylation is 2. The first-order valence-corrected chi connectivity index (χ1v) is 8.19. The van der Waals surface area contributed by atoms with E-state index in [9.17, 15) is 0 Å². The molecule has 166 valence electrons. The second-order valence-electron chi connectivity index (χ2n) is 4.52. The Balaban J connectivity index is -0.0000000416. The van der Waals surface area contributed by atoms with Gasteiger partial charge in [0.15, 0.2) is 0 Å². The van der Waals surface area contributed by atoms with Crippen molar-refractivity contribution < 1.29 is 39.0 Å². The third-order valence-electron chi connectivity index (χ3n) is 1.94. The van der Waals surface area contributed by atoms with E-state index in [-0.39, 0.29) is 61.2 Å². The average molecular weight is 556 g/mol. The summed E-state index contributed by atoms with van der Waals surface area (Å²) in [5, 5.41) is 0. The Labute approximate surface area is 196 Å². The summed E-state index contributed by atoms with van der Waals surface area (Å²) in [6.45, 7) is 12.7. The van der Waals surface area contributed by atoms with Crippen molar-refractivity contribution in [3.8, 4) is 0 Å². The molecule has 27 heavy (non-hydrogen) atoms. The van der Waals surface area contributed by atoms with Gasteiger partial charge in [-0.05, 0) is 12.8 Å². The topological polar surface area (TPSA) is 51.6 Å². The van der Waals surface area contributed by atoms with Crippen LogP contribution in [-0.2, 0) is 51.8 Å². The molecule has 0 aromatic carbocycles. The van der Waals surface area contributed by atoms with Crippen molar-refractivity contribution in [3.05, 3.63) is 63.4 Å². The number of hydrogen-bond donors (Lipinski definition) is 0. The number of aromatic nitrogens is 4. The van der Waals surface area contributed by atoms with E-state index in [0.29, 0.717) is 0 Å². The summed E-state index contributed by atoms with van der Waals surface area (Å²) in [6, 6.07) is 0. The summed E-state index contributed by atoms with van der Waals surface area (Å²) in [4.78, 5) is 15.9. The van der Waals surface area contributed by atoms with Crippen LogP contribution >= 0.6 is 0 Å². The molecule has 2 heterocycles. The van der Waals surface area contributed by atoms with E-state index in [0.717, 1.165) is 24.2 Å². The van der Waals surface area contributed by atoms with E-state index < -0.39 is 0 Å². The van der Waals surface area contributed by atoms with Crippen molar-refractivity contribution in [1.29, 1.82) is 0 Å². The van der Waals surface area contributed by atoms with Gasteiger partial charge in [0.2, 0.25) is 0 Å². The van der Waals surface area contributed by atoms with Crippen molar-refractivity contribution in [2.45, 2.75) is 74.7 Å². The molecule has 0 fully saturated rings. The van der Waals surface area contributed by atoms with E-state index >= 15 is 0 Å². The predicted molar refractivity (Wildman–Crippen MR) is 114 cm³/mol. The molecule has 0 aliphatic heterocycles. The summed E-state index contributed by atoms with van der Waals surface area (Å²) >= 11 is 0. The standard InChI is InChI=1S/C8H12N2.C4H4N2.2C3H8.CH4.2CH3.2Rh/c1-3-7-5-9-6-8(4-2)10-7;1-2-6-4-3-5-1;2*1-3-2;;;;;/h5-6H,3-4H2,1-2H3;1-4H;2*3H2,1-2H3;1H4;2*1H3;;/q;;;;;2*-1;;. The zero-order valence-electron chi connectivity index (χ0n) is 17.7. The summed E-state index contributed by atoms with van der Waals surface area (Å²) < 4.78 is 0. The van der Waals surface area contributed by atoms with Gasteiger partial charge in [0, 0.05) is 76.1 Å². The Hall–Kier alpha value is -0.593. The fourth-order valence-electron chi connectivity index (χ4n) is 1.05. The minimum atomic E-state index is 0. The maximum absolute atomic E-state index is 4.35. The molecule has 2 aromatic heterocycles. The third kappa shape index (κ3) is 37.0. The predicted octanol–water partition coefficient (Wildman–Crippen LogP) is 6.44. The summed E-state index contributed by atoms with van der Waals surface area (Å²) in [5.41, 5.74) is 2.17. The van der Waals surface area contributed by atoms with Crippen LogP contribution in [0.1, 0.15) is 73.2 Å². The first kappa shape index (κ1) is 45.3. The number of hydrogen-bond acceptors (Lipinski definition) is 4. The van der Waals surface area contributed by atoms with Crippen LogP contribution in [0.4, 0.5) is 0 Å². The third-order valence-corrected chi connectivity index (χ3v) is 1.94. The zero-order chi connectivity index (χ0) is 17.1. The molecule has 0 N–H and O–H groups in total. The number of nitrogens with zero attached hydrogens (tertiary/aromatic N) is 4. The van der Waals surface area contributed by atoms with E-state index in [2.05, 4.69) is 61.5 Å². The van der Waals surface area contributed by atoms with Gasteiger partial charge in [0.25, 0.3) is 0 Å². The molecule has 0 spiro atoms. The minimum absolute atomic E-state index is 0. The van der Waals surface area contributed by atoms with Gasteiger partial charge in [0.05, 0.1) is 11.4 Å². The SMILES string of the molecule is C.CCC.CCC.CCc1cncc(CC)n1.[CH3-].[CH3-].[Rh].[Rh].c1cnccn1. The van der Waals surface area contributed by atoms with Crippen LogP contribution in [0.5, 0.6) is 0 Å². The Morgan fingerprint density at radius 3 is 1.04 bits per heavy atom. The fraction of sp³-hybridized carbons (Fsp3) is 0.524. The number of rotatable bonds is 2. The Bertz CT molecular complexity index is 382. The van der Waals surface area contributed by atoms with Gasteiger partial charge < -0.3 is 14.9 Å². The quantitative estimate of drug-likeness (QED) is 0.316. The molecule has 0 aliphatic carbocycles. The molecule has 4 nitrogen and oxygen atoms in total. The molecule has 0 amide bonds. The fourth-order valence-corrected chi connectivity index (χ4v) is 1.05. The molecule has 2 aromatic rings. The molecule has 0 saturated heterocycles. The Kier molecular flexibility index (Phi) is 67.4. The van der Waals surface area contributed by atoms with Crippen LogP contribution < -0.4 is 0 Å². The second-order valence-corrected chi connectivity index (χ2v) is 4.52. The summed E-state index contributed by atoms with van der Waals surface area (Å²) in [5.74, 6) is 0. The first-order chi connectivity index (χ1) is 10.7. The zero-order valence-corrected chi connectivity index (χ0v) is 21.0. The summed E-state index contributed by atoms with van der Waals surface area (Å²) in [7, 11) is 0. The first-order valence-electron chi connectivity index (χ1n) is 8.19. The maximum Gasteiger partial charge on any atom is 0.0587 e. The molecular weight excluding hydrogens is 514 g/mol. The van der Waals surface area contributed by atoms with E-state index in [1.54, 1.807) is 24.8 Å². The molecule has 0 unspecified atom stereocenters. The van der Waals surface area contributed by atoms with Gasteiger partial charge >= 0.3 is 0 Å². The minimum Gasteiger partial charge on any atom is -0.358 e. The summed E-state index contributed by atoms with van der Waals surface area (Å²) in [6.07, 6.45) is 14.6. The van der Waals surface area contributed by atoms with E-state index in [1.807, 2.05) is 12.4 Å². The molecule has 2 rings (SSSR count). The van der Waals surface area contributed by atoms with Crippen molar-refractivity contribution in [3.63, 3.8) is 0 Å². The van der Waals surface area contributed by atoms with Crippen LogP contribution in [0.25, 0.3) is 0 Å². The van der Waals surface area contributed by atoms with Crippen LogP contribution in [0.2, 0.25) is 0 Å². The molecular formula is C21H42N4Rh2-2. The molecule has 6 heteroatoms. The molecule has 0 bridgehead atoms. The van der Waals surface area contributed by atoms with Gasteiger partial charge in [-0.25, -0.2) is 0 Å². The molecule has 0 aliphatic rings. The molecule has 2 radical (unpaired) electrons. The molecule has 0 saturated carbocycles. The van der Waals surface area contributed by atoms with E-state index in [1.165, 1.54) is 12.8 Å². The van der Waals surface area contributed by atoms with Crippen LogP contribution in [-0.4, -0.2) is 19.9 Å². The van der Waals surface area contributed by atoms with Crippen LogP contribution in [0.3, 0.4) is 0 Å².